The predicted octanol–water partition coefficient (Wildman–Crippen LogP) is 5.62. The van der Waals surface area contributed by atoms with Crippen molar-refractivity contribution in [2.24, 2.45) is 5.92 Å². The third-order valence-electron chi connectivity index (χ3n) is 5.36. The molecule has 0 bridgehead atoms. The Morgan fingerprint density at radius 3 is 2.22 bits per heavy atom. The summed E-state index contributed by atoms with van der Waals surface area (Å²) in [6, 6.07) is 9.01. The van der Waals surface area contributed by atoms with Gasteiger partial charge in [-0.25, -0.2) is 0 Å². The number of nitrogens with zero attached hydrogens (tertiary/aromatic N) is 1. The summed E-state index contributed by atoms with van der Waals surface area (Å²) in [7, 11) is 2.14. The summed E-state index contributed by atoms with van der Waals surface area (Å²) in [5.41, 5.74) is 2.98. The van der Waals surface area contributed by atoms with Crippen LogP contribution in [0.4, 0.5) is 5.69 Å². The number of hydrogen-bond acceptors (Lipinski definition) is 2. The second-order valence-corrected chi connectivity index (χ2v) is 7.14. The molecule has 132 valence electrons. The molecule has 0 saturated heterocycles. The van der Waals surface area contributed by atoms with E-state index >= 15 is 0 Å². The van der Waals surface area contributed by atoms with E-state index in [4.69, 9.17) is 0 Å². The topological polar surface area (TPSA) is 15.3 Å². The Kier molecular flexibility index (Phi) is 8.68. The van der Waals surface area contributed by atoms with Gasteiger partial charge in [0.25, 0.3) is 0 Å². The van der Waals surface area contributed by atoms with Crippen LogP contribution in [0.25, 0.3) is 0 Å². The lowest BCUT2D eigenvalue weighted by Crippen LogP contribution is -2.45. The van der Waals surface area contributed by atoms with Crippen molar-refractivity contribution in [3.05, 3.63) is 29.8 Å². The summed E-state index contributed by atoms with van der Waals surface area (Å²) in [5, 5.41) is 3.91. The maximum atomic E-state index is 3.91. The van der Waals surface area contributed by atoms with E-state index in [0.717, 1.165) is 19.0 Å². The third kappa shape index (κ3) is 6.18. The average Bonchev–Trinajstić information content (AvgIpc) is 2.59. The second kappa shape index (κ2) is 9.97. The number of benzene rings is 1. The lowest BCUT2D eigenvalue weighted by atomic mass is 9.81. The highest BCUT2D eigenvalue weighted by Gasteiger charge is 2.28. The fourth-order valence-electron chi connectivity index (χ4n) is 3.34. The first-order valence-electron chi connectivity index (χ1n) is 9.55. The SMILES string of the molecule is CCCC(CC)(CC(C)CC)NCc1ccc(N(C)CC)cc1. The van der Waals surface area contributed by atoms with E-state index in [-0.39, 0.29) is 0 Å². The van der Waals surface area contributed by atoms with Crippen LogP contribution in [0.15, 0.2) is 24.3 Å². The van der Waals surface area contributed by atoms with Gasteiger partial charge in [-0.1, -0.05) is 52.7 Å². The Morgan fingerprint density at radius 1 is 1.09 bits per heavy atom. The van der Waals surface area contributed by atoms with Crippen molar-refractivity contribution in [1.82, 2.24) is 5.32 Å². The first kappa shape index (κ1) is 20.0. The smallest absolute Gasteiger partial charge is 0.0363 e. The number of rotatable bonds is 11. The molecule has 0 aromatic heterocycles. The van der Waals surface area contributed by atoms with Gasteiger partial charge in [-0.05, 0) is 49.8 Å². The molecule has 1 N–H and O–H groups in total. The minimum absolute atomic E-state index is 0.295. The fourth-order valence-corrected chi connectivity index (χ4v) is 3.34. The minimum atomic E-state index is 0.295. The molecule has 2 unspecified atom stereocenters. The van der Waals surface area contributed by atoms with Crippen molar-refractivity contribution in [2.45, 2.75) is 78.8 Å². The molecule has 0 fully saturated rings. The predicted molar refractivity (Wildman–Crippen MR) is 104 cm³/mol. The molecular weight excluding hydrogens is 280 g/mol. The average molecular weight is 319 g/mol. The van der Waals surface area contributed by atoms with E-state index in [0.29, 0.717) is 5.54 Å². The van der Waals surface area contributed by atoms with Crippen molar-refractivity contribution in [1.29, 1.82) is 0 Å². The summed E-state index contributed by atoms with van der Waals surface area (Å²) >= 11 is 0. The van der Waals surface area contributed by atoms with Crippen molar-refractivity contribution >= 4 is 5.69 Å². The van der Waals surface area contributed by atoms with E-state index < -0.39 is 0 Å². The van der Waals surface area contributed by atoms with Crippen molar-refractivity contribution in [2.75, 3.05) is 18.5 Å². The van der Waals surface area contributed by atoms with Gasteiger partial charge in [0, 0.05) is 31.4 Å². The number of nitrogens with one attached hydrogen (secondary N) is 1. The van der Waals surface area contributed by atoms with Gasteiger partial charge in [-0.2, -0.15) is 0 Å². The highest BCUT2D eigenvalue weighted by molar-refractivity contribution is 5.46. The van der Waals surface area contributed by atoms with Gasteiger partial charge in [0.15, 0.2) is 0 Å². The van der Waals surface area contributed by atoms with Gasteiger partial charge in [0.2, 0.25) is 0 Å². The molecule has 0 aliphatic carbocycles. The number of anilines is 1. The van der Waals surface area contributed by atoms with Crippen molar-refractivity contribution in [3.8, 4) is 0 Å². The summed E-state index contributed by atoms with van der Waals surface area (Å²) in [6.07, 6.45) is 6.28. The Morgan fingerprint density at radius 2 is 1.74 bits per heavy atom. The zero-order chi connectivity index (χ0) is 17.3. The first-order chi connectivity index (χ1) is 11.0. The normalized spacial score (nSPS) is 15.2. The fraction of sp³-hybridized carbons (Fsp3) is 0.714. The van der Waals surface area contributed by atoms with Crippen LogP contribution in [0.3, 0.4) is 0 Å². The molecule has 0 radical (unpaired) electrons. The van der Waals surface area contributed by atoms with Gasteiger partial charge in [0.1, 0.15) is 0 Å². The molecule has 23 heavy (non-hydrogen) atoms. The molecule has 1 aromatic carbocycles. The minimum Gasteiger partial charge on any atom is -0.375 e. The molecule has 0 saturated carbocycles. The standard InChI is InChI=1S/C21H38N2/c1-7-15-21(9-3,16-18(5)8-2)22-17-19-11-13-20(14-12-19)23(6)10-4/h11-14,18,22H,7-10,15-17H2,1-6H3. The summed E-state index contributed by atoms with van der Waals surface area (Å²) in [4.78, 5) is 2.27. The molecule has 0 aliphatic rings. The molecule has 2 atom stereocenters. The van der Waals surface area contributed by atoms with Crippen LogP contribution < -0.4 is 10.2 Å². The summed E-state index contributed by atoms with van der Waals surface area (Å²) in [6.45, 7) is 13.5. The molecule has 0 aliphatic heterocycles. The Bertz CT molecular complexity index is 426. The van der Waals surface area contributed by atoms with Crippen LogP contribution in [0, 0.1) is 5.92 Å². The summed E-state index contributed by atoms with van der Waals surface area (Å²) < 4.78 is 0. The highest BCUT2D eigenvalue weighted by Crippen LogP contribution is 2.28. The Balaban J connectivity index is 2.73. The molecule has 2 nitrogen and oxygen atoms in total. The Labute approximate surface area is 144 Å². The van der Waals surface area contributed by atoms with E-state index in [1.54, 1.807) is 0 Å². The van der Waals surface area contributed by atoms with Crippen LogP contribution >= 0.6 is 0 Å². The van der Waals surface area contributed by atoms with E-state index in [2.05, 4.69) is 76.1 Å². The first-order valence-corrected chi connectivity index (χ1v) is 9.55. The molecule has 0 heterocycles. The van der Waals surface area contributed by atoms with Gasteiger partial charge < -0.3 is 10.2 Å². The van der Waals surface area contributed by atoms with Crippen LogP contribution in [0.1, 0.15) is 72.3 Å². The maximum absolute atomic E-state index is 3.91. The van der Waals surface area contributed by atoms with Crippen molar-refractivity contribution < 1.29 is 0 Å². The molecule has 2 heteroatoms. The molecule has 0 amide bonds. The van der Waals surface area contributed by atoms with Crippen LogP contribution in [-0.4, -0.2) is 19.1 Å². The Hall–Kier alpha value is -1.02. The van der Waals surface area contributed by atoms with Crippen LogP contribution in [0.2, 0.25) is 0 Å². The molecule has 1 aromatic rings. The lowest BCUT2D eigenvalue weighted by Gasteiger charge is -2.36. The lowest BCUT2D eigenvalue weighted by molar-refractivity contribution is 0.226. The van der Waals surface area contributed by atoms with Gasteiger partial charge in [0.05, 0.1) is 0 Å². The second-order valence-electron chi connectivity index (χ2n) is 7.14. The molecular formula is C21H38N2. The van der Waals surface area contributed by atoms with Gasteiger partial charge in [-0.15, -0.1) is 0 Å². The number of hydrogen-bond donors (Lipinski definition) is 1. The van der Waals surface area contributed by atoms with Crippen molar-refractivity contribution in [3.63, 3.8) is 0 Å². The highest BCUT2D eigenvalue weighted by atomic mass is 15.1. The van der Waals surface area contributed by atoms with E-state index in [1.807, 2.05) is 0 Å². The van der Waals surface area contributed by atoms with Gasteiger partial charge >= 0.3 is 0 Å². The quantitative estimate of drug-likeness (QED) is 0.570. The zero-order valence-corrected chi connectivity index (χ0v) is 16.3. The third-order valence-corrected chi connectivity index (χ3v) is 5.36. The molecule has 0 spiro atoms. The maximum Gasteiger partial charge on any atom is 0.0363 e. The van der Waals surface area contributed by atoms with E-state index in [1.165, 1.54) is 43.4 Å². The largest absolute Gasteiger partial charge is 0.375 e. The molecule has 1 rings (SSSR count). The zero-order valence-electron chi connectivity index (χ0n) is 16.3. The monoisotopic (exact) mass is 318 g/mol. The van der Waals surface area contributed by atoms with Crippen LogP contribution in [-0.2, 0) is 6.54 Å². The van der Waals surface area contributed by atoms with Gasteiger partial charge in [-0.3, -0.25) is 0 Å². The summed E-state index contributed by atoms with van der Waals surface area (Å²) in [5.74, 6) is 0.787. The van der Waals surface area contributed by atoms with E-state index in [9.17, 15) is 0 Å². The van der Waals surface area contributed by atoms with Crippen LogP contribution in [0.5, 0.6) is 0 Å².